The van der Waals surface area contributed by atoms with Gasteiger partial charge < -0.3 is 0 Å². The summed E-state index contributed by atoms with van der Waals surface area (Å²) >= 11 is 0. The van der Waals surface area contributed by atoms with Crippen LogP contribution in [0.5, 0.6) is 0 Å². The number of allylic oxidation sites excluding steroid dienone is 4. The van der Waals surface area contributed by atoms with Crippen molar-refractivity contribution in [3.63, 3.8) is 0 Å². The second-order valence-corrected chi connectivity index (χ2v) is 4.58. The van der Waals surface area contributed by atoms with Gasteiger partial charge in [-0.15, -0.1) is 0 Å². The number of carbonyl (C=O) groups excluding carboxylic acids is 2. The van der Waals surface area contributed by atoms with Gasteiger partial charge in [0.2, 0.25) is 11.6 Å². The molecule has 2 heteroatoms. The summed E-state index contributed by atoms with van der Waals surface area (Å²) in [6, 6.07) is 18.9. The Hall–Kier alpha value is -2.74. The molecule has 0 spiro atoms. The van der Waals surface area contributed by atoms with Gasteiger partial charge in [0.25, 0.3) is 0 Å². The van der Waals surface area contributed by atoms with Crippen molar-refractivity contribution < 1.29 is 9.59 Å². The maximum Gasteiger partial charge on any atom is 0.233 e. The minimum atomic E-state index is -0.467. The van der Waals surface area contributed by atoms with E-state index in [1.54, 1.807) is 6.08 Å². The average Bonchev–Trinajstić information content (AvgIpc) is 2.51. The second kappa shape index (κ2) is 5.10. The van der Waals surface area contributed by atoms with Crippen LogP contribution in [0.1, 0.15) is 11.1 Å². The second-order valence-electron chi connectivity index (χ2n) is 4.58. The Morgan fingerprint density at radius 3 is 1.75 bits per heavy atom. The van der Waals surface area contributed by atoms with Gasteiger partial charge in [0.15, 0.2) is 0 Å². The third-order valence-corrected chi connectivity index (χ3v) is 3.25. The van der Waals surface area contributed by atoms with Gasteiger partial charge in [0, 0.05) is 5.57 Å². The lowest BCUT2D eigenvalue weighted by molar-refractivity contribution is -0.130. The molecule has 0 N–H and O–H groups in total. The molecule has 0 saturated heterocycles. The third kappa shape index (κ3) is 2.24. The Morgan fingerprint density at radius 1 is 0.600 bits per heavy atom. The monoisotopic (exact) mass is 260 g/mol. The van der Waals surface area contributed by atoms with Crippen molar-refractivity contribution in [2.75, 3.05) is 0 Å². The molecule has 0 fully saturated rings. The lowest BCUT2D eigenvalue weighted by Crippen LogP contribution is -2.17. The highest BCUT2D eigenvalue weighted by molar-refractivity contribution is 6.59. The lowest BCUT2D eigenvalue weighted by Gasteiger charge is -2.12. The zero-order valence-corrected chi connectivity index (χ0v) is 10.7. The van der Waals surface area contributed by atoms with Crippen LogP contribution in [-0.4, -0.2) is 11.6 Å². The van der Waals surface area contributed by atoms with Crippen molar-refractivity contribution in [2.24, 2.45) is 0 Å². The Balaban J connectivity index is 2.10. The average molecular weight is 260 g/mol. The first-order valence-electron chi connectivity index (χ1n) is 6.38. The normalized spacial score (nSPS) is 14.8. The molecule has 2 aromatic carbocycles. The van der Waals surface area contributed by atoms with Crippen LogP contribution < -0.4 is 0 Å². The quantitative estimate of drug-likeness (QED) is 0.613. The summed E-state index contributed by atoms with van der Waals surface area (Å²) in [5.41, 5.74) is 2.93. The van der Waals surface area contributed by atoms with E-state index in [1.807, 2.05) is 60.7 Å². The third-order valence-electron chi connectivity index (χ3n) is 3.25. The summed E-state index contributed by atoms with van der Waals surface area (Å²) in [6.07, 6.45) is 3.19. The van der Waals surface area contributed by atoms with E-state index in [0.717, 1.165) is 16.7 Å². The topological polar surface area (TPSA) is 34.1 Å². The first-order chi connectivity index (χ1) is 9.75. The lowest BCUT2D eigenvalue weighted by atomic mass is 9.89. The molecular formula is C18H12O2. The molecule has 0 saturated carbocycles. The molecule has 0 unspecified atom stereocenters. The number of hydrogen-bond acceptors (Lipinski definition) is 2. The Labute approximate surface area is 117 Å². The summed E-state index contributed by atoms with van der Waals surface area (Å²) in [6.45, 7) is 0. The van der Waals surface area contributed by atoms with E-state index < -0.39 is 11.6 Å². The van der Waals surface area contributed by atoms with E-state index in [1.165, 1.54) is 6.08 Å². The number of benzene rings is 2. The van der Waals surface area contributed by atoms with Crippen molar-refractivity contribution in [3.8, 4) is 0 Å². The Morgan fingerprint density at radius 2 is 1.15 bits per heavy atom. The van der Waals surface area contributed by atoms with Crippen LogP contribution in [-0.2, 0) is 9.59 Å². The van der Waals surface area contributed by atoms with Crippen LogP contribution in [0.2, 0.25) is 0 Å². The Kier molecular flexibility index (Phi) is 3.13. The van der Waals surface area contributed by atoms with Crippen LogP contribution in [0.25, 0.3) is 11.1 Å². The predicted octanol–water partition coefficient (Wildman–Crippen LogP) is 3.31. The molecule has 1 aliphatic rings. The fraction of sp³-hybridized carbons (Fsp3) is 0. The maximum atomic E-state index is 12.0. The van der Waals surface area contributed by atoms with E-state index in [2.05, 4.69) is 0 Å². The van der Waals surface area contributed by atoms with Gasteiger partial charge in [0.1, 0.15) is 0 Å². The minimum Gasteiger partial charge on any atom is -0.286 e. The molecule has 0 aliphatic heterocycles. The van der Waals surface area contributed by atoms with Crippen LogP contribution in [0.3, 0.4) is 0 Å². The van der Waals surface area contributed by atoms with Gasteiger partial charge in [0.05, 0.1) is 0 Å². The van der Waals surface area contributed by atoms with Crippen molar-refractivity contribution in [1.82, 2.24) is 0 Å². The number of Topliss-reactive ketones (excluding diaryl/α,β-unsaturated/α-hetero) is 1. The largest absolute Gasteiger partial charge is 0.286 e. The van der Waals surface area contributed by atoms with Crippen LogP contribution in [0, 0.1) is 0 Å². The molecule has 0 aromatic heterocycles. The van der Waals surface area contributed by atoms with Crippen LogP contribution >= 0.6 is 0 Å². The molecule has 3 rings (SSSR count). The maximum absolute atomic E-state index is 12.0. The van der Waals surface area contributed by atoms with Crippen molar-refractivity contribution in [1.29, 1.82) is 0 Å². The fourth-order valence-electron chi connectivity index (χ4n) is 2.23. The summed E-state index contributed by atoms with van der Waals surface area (Å²) < 4.78 is 0. The van der Waals surface area contributed by atoms with Gasteiger partial charge in [-0.1, -0.05) is 60.7 Å². The Bertz CT molecular complexity index is 723. The van der Waals surface area contributed by atoms with Gasteiger partial charge >= 0.3 is 0 Å². The van der Waals surface area contributed by atoms with E-state index in [0.29, 0.717) is 5.57 Å². The molecule has 2 aromatic rings. The SMILES string of the molecule is O=C1C=C(c2ccccc2)C=C(c2ccccc2)C1=O. The van der Waals surface area contributed by atoms with Crippen LogP contribution in [0.4, 0.5) is 0 Å². The molecule has 0 amide bonds. The van der Waals surface area contributed by atoms with Gasteiger partial charge in [-0.3, -0.25) is 9.59 Å². The van der Waals surface area contributed by atoms with E-state index in [4.69, 9.17) is 0 Å². The molecule has 0 radical (unpaired) electrons. The number of rotatable bonds is 2. The number of hydrogen-bond donors (Lipinski definition) is 0. The highest BCUT2D eigenvalue weighted by Gasteiger charge is 2.23. The minimum absolute atomic E-state index is 0.448. The first kappa shape index (κ1) is 12.3. The van der Waals surface area contributed by atoms with Crippen molar-refractivity contribution in [2.45, 2.75) is 0 Å². The van der Waals surface area contributed by atoms with Crippen molar-refractivity contribution in [3.05, 3.63) is 83.9 Å². The molecule has 2 nitrogen and oxygen atoms in total. The summed E-state index contributed by atoms with van der Waals surface area (Å²) in [4.78, 5) is 23.9. The van der Waals surface area contributed by atoms with Crippen molar-refractivity contribution >= 4 is 22.7 Å². The number of carbonyl (C=O) groups is 2. The van der Waals surface area contributed by atoms with Gasteiger partial charge in [-0.2, -0.15) is 0 Å². The van der Waals surface area contributed by atoms with Crippen LogP contribution in [0.15, 0.2) is 72.8 Å². The highest BCUT2D eigenvalue weighted by Crippen LogP contribution is 2.27. The molecule has 20 heavy (non-hydrogen) atoms. The van der Waals surface area contributed by atoms with Gasteiger partial charge in [-0.05, 0) is 28.9 Å². The molecule has 0 bridgehead atoms. The number of ketones is 2. The van der Waals surface area contributed by atoms with Gasteiger partial charge in [-0.25, -0.2) is 0 Å². The molecule has 1 aliphatic carbocycles. The zero-order chi connectivity index (χ0) is 13.9. The molecular weight excluding hydrogens is 248 g/mol. The van der Waals surface area contributed by atoms with E-state index in [9.17, 15) is 9.59 Å². The van der Waals surface area contributed by atoms with E-state index >= 15 is 0 Å². The fourth-order valence-corrected chi connectivity index (χ4v) is 2.23. The standard InChI is InChI=1S/C18H12O2/c19-17-12-15(13-7-3-1-4-8-13)11-16(18(17)20)14-9-5-2-6-10-14/h1-12H. The molecule has 0 atom stereocenters. The highest BCUT2D eigenvalue weighted by atomic mass is 16.2. The summed E-state index contributed by atoms with van der Waals surface area (Å²) in [7, 11) is 0. The first-order valence-corrected chi connectivity index (χ1v) is 6.38. The predicted molar refractivity (Wildman–Crippen MR) is 78.9 cm³/mol. The summed E-state index contributed by atoms with van der Waals surface area (Å²) in [5, 5.41) is 0. The van der Waals surface area contributed by atoms with E-state index in [-0.39, 0.29) is 0 Å². The smallest absolute Gasteiger partial charge is 0.233 e. The molecule has 0 heterocycles. The molecule has 96 valence electrons. The summed E-state index contributed by atoms with van der Waals surface area (Å²) in [5.74, 6) is -0.916. The zero-order valence-electron chi connectivity index (χ0n) is 10.7.